The Hall–Kier alpha value is -2.67. The minimum Gasteiger partial charge on any atom is -0.336 e. The van der Waals surface area contributed by atoms with Crippen LogP contribution in [0.5, 0.6) is 0 Å². The maximum absolute atomic E-state index is 13.2. The molecule has 4 rings (SSSR count). The Kier molecular flexibility index (Phi) is 6.41. The molecule has 1 N–H and O–H groups in total. The van der Waals surface area contributed by atoms with Gasteiger partial charge in [-0.15, -0.1) is 11.3 Å². The molecule has 0 unspecified atom stereocenters. The molecule has 2 atom stereocenters. The molecule has 6 nitrogen and oxygen atoms in total. The number of thiophene rings is 1. The highest BCUT2D eigenvalue weighted by molar-refractivity contribution is 7.09. The minimum absolute atomic E-state index is 0.0816. The van der Waals surface area contributed by atoms with Crippen LogP contribution in [-0.4, -0.2) is 46.3 Å². The number of carbonyl (C=O) groups excluding carboxylic acids is 3. The van der Waals surface area contributed by atoms with Crippen molar-refractivity contribution in [1.29, 1.82) is 0 Å². The van der Waals surface area contributed by atoms with Gasteiger partial charge in [-0.3, -0.25) is 14.5 Å². The second kappa shape index (κ2) is 9.22. The molecule has 1 saturated heterocycles. The number of benzene rings is 1. The molecule has 7 heteroatoms. The lowest BCUT2D eigenvalue weighted by Crippen LogP contribution is -2.54. The third kappa shape index (κ3) is 4.51. The van der Waals surface area contributed by atoms with Gasteiger partial charge >= 0.3 is 6.03 Å². The minimum atomic E-state index is -0.835. The van der Waals surface area contributed by atoms with Crippen molar-refractivity contribution in [3.63, 3.8) is 0 Å². The van der Waals surface area contributed by atoms with E-state index in [4.69, 9.17) is 0 Å². The van der Waals surface area contributed by atoms with Crippen molar-refractivity contribution in [2.24, 2.45) is 5.92 Å². The quantitative estimate of drug-likeness (QED) is 0.667. The molecule has 0 radical (unpaired) electrons. The Bertz CT molecular complexity index is 931. The first kappa shape index (κ1) is 21.6. The van der Waals surface area contributed by atoms with Gasteiger partial charge in [0.15, 0.2) is 0 Å². The van der Waals surface area contributed by atoms with Gasteiger partial charge in [-0.05, 0) is 42.2 Å². The zero-order valence-corrected chi connectivity index (χ0v) is 18.7. The van der Waals surface area contributed by atoms with E-state index >= 15 is 0 Å². The summed E-state index contributed by atoms with van der Waals surface area (Å²) < 4.78 is 0. The summed E-state index contributed by atoms with van der Waals surface area (Å²) in [5.41, 5.74) is 0.314. The number of hydrogen-bond acceptors (Lipinski definition) is 4. The van der Waals surface area contributed by atoms with E-state index in [1.807, 2.05) is 54.8 Å². The standard InChI is InChI=1S/C24H29N3O3S/c1-18-8-5-6-13-24(18)22(29)27(23(30)25-24)17-21(28)26(16-20-11-7-15-31-20)14-12-19-9-3-2-4-10-19/h2-4,7,9-11,15,18H,5-6,8,12-14,16-17H2,1H3,(H,25,30)/t18-,24-/m0/s1. The Balaban J connectivity index is 1.47. The molecule has 1 saturated carbocycles. The highest BCUT2D eigenvalue weighted by Crippen LogP contribution is 2.38. The monoisotopic (exact) mass is 439 g/mol. The average Bonchev–Trinajstić information content (AvgIpc) is 3.37. The van der Waals surface area contributed by atoms with Crippen molar-refractivity contribution in [3.8, 4) is 0 Å². The molecule has 2 aromatic rings. The zero-order valence-electron chi connectivity index (χ0n) is 17.9. The van der Waals surface area contributed by atoms with Crippen LogP contribution in [0.15, 0.2) is 47.8 Å². The van der Waals surface area contributed by atoms with Crippen LogP contribution in [0.4, 0.5) is 4.79 Å². The Morgan fingerprint density at radius 3 is 2.71 bits per heavy atom. The molecule has 4 amide bonds. The summed E-state index contributed by atoms with van der Waals surface area (Å²) in [5, 5.41) is 4.92. The predicted molar refractivity (Wildman–Crippen MR) is 120 cm³/mol. The molecule has 31 heavy (non-hydrogen) atoms. The van der Waals surface area contributed by atoms with Crippen LogP contribution in [0, 0.1) is 5.92 Å². The summed E-state index contributed by atoms with van der Waals surface area (Å²) in [6.45, 7) is 2.82. The summed E-state index contributed by atoms with van der Waals surface area (Å²) in [6, 6.07) is 13.5. The summed E-state index contributed by atoms with van der Waals surface area (Å²) in [5.74, 6) is -0.358. The van der Waals surface area contributed by atoms with Gasteiger partial charge in [-0.2, -0.15) is 0 Å². The number of amides is 4. The highest BCUT2D eigenvalue weighted by Gasteiger charge is 2.55. The third-order valence-corrected chi connectivity index (χ3v) is 7.45. The van der Waals surface area contributed by atoms with E-state index < -0.39 is 11.6 Å². The molecule has 0 bridgehead atoms. The largest absolute Gasteiger partial charge is 0.336 e. The van der Waals surface area contributed by atoms with E-state index in [1.165, 1.54) is 0 Å². The van der Waals surface area contributed by atoms with Crippen molar-refractivity contribution in [1.82, 2.24) is 15.1 Å². The fourth-order valence-electron chi connectivity index (χ4n) is 4.67. The van der Waals surface area contributed by atoms with E-state index in [2.05, 4.69) is 5.32 Å². The lowest BCUT2D eigenvalue weighted by molar-refractivity contribution is -0.140. The Morgan fingerprint density at radius 1 is 1.19 bits per heavy atom. The molecule has 1 aromatic heterocycles. The van der Waals surface area contributed by atoms with E-state index in [0.717, 1.165) is 41.0 Å². The Morgan fingerprint density at radius 2 is 2.00 bits per heavy atom. The van der Waals surface area contributed by atoms with Crippen molar-refractivity contribution in [2.45, 2.75) is 51.1 Å². The molecule has 2 aliphatic rings. The molecular formula is C24H29N3O3S. The maximum Gasteiger partial charge on any atom is 0.325 e. The average molecular weight is 440 g/mol. The van der Waals surface area contributed by atoms with Crippen LogP contribution in [0.3, 0.4) is 0 Å². The van der Waals surface area contributed by atoms with Gasteiger partial charge < -0.3 is 10.2 Å². The van der Waals surface area contributed by atoms with Crippen molar-refractivity contribution < 1.29 is 14.4 Å². The number of carbonyl (C=O) groups is 3. The van der Waals surface area contributed by atoms with Gasteiger partial charge in [0.25, 0.3) is 5.91 Å². The smallest absolute Gasteiger partial charge is 0.325 e. The second-order valence-corrected chi connectivity index (χ2v) is 9.60. The molecule has 1 spiro atoms. The van der Waals surface area contributed by atoms with Gasteiger partial charge in [0.2, 0.25) is 5.91 Å². The van der Waals surface area contributed by atoms with Gasteiger partial charge in [0.1, 0.15) is 12.1 Å². The van der Waals surface area contributed by atoms with Crippen LogP contribution in [0.1, 0.15) is 43.0 Å². The summed E-state index contributed by atoms with van der Waals surface area (Å²) in [6.07, 6.45) is 4.27. The third-order valence-electron chi connectivity index (χ3n) is 6.59. The van der Waals surface area contributed by atoms with Crippen LogP contribution < -0.4 is 5.32 Å². The fraction of sp³-hybridized carbons (Fsp3) is 0.458. The predicted octanol–water partition coefficient (Wildman–Crippen LogP) is 3.82. The van der Waals surface area contributed by atoms with E-state index in [-0.39, 0.29) is 24.3 Å². The highest BCUT2D eigenvalue weighted by atomic mass is 32.1. The van der Waals surface area contributed by atoms with Crippen molar-refractivity contribution >= 4 is 29.2 Å². The molecule has 1 aliphatic heterocycles. The SMILES string of the molecule is C[C@H]1CCCC[C@]12NC(=O)N(CC(=O)N(CCc1ccccc1)Cc1cccs1)C2=O. The summed E-state index contributed by atoms with van der Waals surface area (Å²) in [7, 11) is 0. The number of nitrogens with zero attached hydrogens (tertiary/aromatic N) is 2. The first-order chi connectivity index (χ1) is 15.0. The molecule has 1 aromatic carbocycles. The summed E-state index contributed by atoms with van der Waals surface area (Å²) >= 11 is 1.60. The van der Waals surface area contributed by atoms with Gasteiger partial charge in [-0.25, -0.2) is 4.79 Å². The van der Waals surface area contributed by atoms with Crippen LogP contribution in [-0.2, 0) is 22.6 Å². The van der Waals surface area contributed by atoms with E-state index in [0.29, 0.717) is 19.5 Å². The zero-order chi connectivity index (χ0) is 21.8. The number of imide groups is 1. The first-order valence-corrected chi connectivity index (χ1v) is 11.9. The number of rotatable bonds is 7. The van der Waals surface area contributed by atoms with Crippen LogP contribution in [0.25, 0.3) is 0 Å². The summed E-state index contributed by atoms with van der Waals surface area (Å²) in [4.78, 5) is 43.1. The molecule has 1 aliphatic carbocycles. The topological polar surface area (TPSA) is 69.7 Å². The molecular weight excluding hydrogens is 410 g/mol. The lowest BCUT2D eigenvalue weighted by Gasteiger charge is -2.36. The molecule has 164 valence electrons. The van der Waals surface area contributed by atoms with E-state index in [1.54, 1.807) is 16.2 Å². The van der Waals surface area contributed by atoms with E-state index in [9.17, 15) is 14.4 Å². The first-order valence-electron chi connectivity index (χ1n) is 11.0. The van der Waals surface area contributed by atoms with Gasteiger partial charge in [-0.1, -0.05) is 56.2 Å². The van der Waals surface area contributed by atoms with Crippen molar-refractivity contribution in [2.75, 3.05) is 13.1 Å². The molecule has 2 heterocycles. The Labute approximate surface area is 187 Å². The lowest BCUT2D eigenvalue weighted by atomic mass is 9.73. The molecule has 2 fully saturated rings. The maximum atomic E-state index is 13.2. The fourth-order valence-corrected chi connectivity index (χ4v) is 5.39. The van der Waals surface area contributed by atoms with Crippen LogP contribution >= 0.6 is 11.3 Å². The normalized spacial score (nSPS) is 23.3. The van der Waals surface area contributed by atoms with Crippen LogP contribution in [0.2, 0.25) is 0 Å². The number of urea groups is 1. The van der Waals surface area contributed by atoms with Crippen molar-refractivity contribution in [3.05, 3.63) is 58.3 Å². The number of nitrogens with one attached hydrogen (secondary N) is 1. The van der Waals surface area contributed by atoms with Gasteiger partial charge in [0, 0.05) is 11.4 Å². The second-order valence-electron chi connectivity index (χ2n) is 8.57. The number of hydrogen-bond donors (Lipinski definition) is 1. The van der Waals surface area contributed by atoms with Gasteiger partial charge in [0.05, 0.1) is 6.54 Å².